The van der Waals surface area contributed by atoms with Gasteiger partial charge in [0.05, 0.1) is 0 Å². The summed E-state index contributed by atoms with van der Waals surface area (Å²) >= 11 is 0. The molecule has 0 spiro atoms. The first-order chi connectivity index (χ1) is 10.3. The predicted octanol–water partition coefficient (Wildman–Crippen LogP) is 1.86. The number of halogens is 3. The van der Waals surface area contributed by atoms with Gasteiger partial charge in [-0.15, -0.1) is 13.2 Å². The molecule has 1 aromatic carbocycles. The monoisotopic (exact) mass is 338 g/mol. The van der Waals surface area contributed by atoms with E-state index in [1.165, 1.54) is 12.1 Å². The van der Waals surface area contributed by atoms with E-state index in [1.54, 1.807) is 0 Å². The number of para-hydroxylation sites is 1. The van der Waals surface area contributed by atoms with Crippen molar-refractivity contribution in [1.29, 1.82) is 0 Å². The van der Waals surface area contributed by atoms with E-state index in [0.717, 1.165) is 31.5 Å². The number of nitrogens with one attached hydrogen (secondary N) is 2. The molecule has 22 heavy (non-hydrogen) atoms. The maximum atomic E-state index is 12.3. The highest BCUT2D eigenvalue weighted by Crippen LogP contribution is 2.29. The van der Waals surface area contributed by atoms with Gasteiger partial charge in [-0.05, 0) is 44.0 Å². The lowest BCUT2D eigenvalue weighted by Crippen LogP contribution is -2.38. The molecule has 0 amide bonds. The molecule has 0 radical (unpaired) electrons. The van der Waals surface area contributed by atoms with Crippen LogP contribution in [0.3, 0.4) is 0 Å². The van der Waals surface area contributed by atoms with E-state index >= 15 is 0 Å². The Morgan fingerprint density at radius 3 is 2.68 bits per heavy atom. The van der Waals surface area contributed by atoms with E-state index in [0.29, 0.717) is 6.54 Å². The molecule has 2 rings (SSSR count). The highest BCUT2D eigenvalue weighted by Gasteiger charge is 2.34. The van der Waals surface area contributed by atoms with Crippen molar-refractivity contribution in [3.63, 3.8) is 0 Å². The van der Waals surface area contributed by atoms with Crippen LogP contribution in [0.1, 0.15) is 12.8 Å². The lowest BCUT2D eigenvalue weighted by atomic mass is 10.0. The number of benzene rings is 1. The van der Waals surface area contributed by atoms with Gasteiger partial charge in [-0.25, -0.2) is 13.1 Å². The Labute approximate surface area is 126 Å². The Balaban J connectivity index is 2.11. The van der Waals surface area contributed by atoms with Crippen molar-refractivity contribution in [1.82, 2.24) is 10.0 Å². The molecule has 0 aromatic heterocycles. The number of sulfonamides is 1. The van der Waals surface area contributed by atoms with E-state index < -0.39 is 27.0 Å². The molecule has 2 N–H and O–H groups in total. The highest BCUT2D eigenvalue weighted by molar-refractivity contribution is 7.89. The predicted molar refractivity (Wildman–Crippen MR) is 73.9 cm³/mol. The van der Waals surface area contributed by atoms with Gasteiger partial charge in [-0.1, -0.05) is 12.1 Å². The van der Waals surface area contributed by atoms with Crippen LogP contribution in [0.4, 0.5) is 13.2 Å². The highest BCUT2D eigenvalue weighted by atomic mass is 32.2. The Kier molecular flexibility index (Phi) is 5.30. The number of alkyl halides is 3. The molecule has 5 nitrogen and oxygen atoms in total. The normalized spacial score (nSPS) is 19.9. The van der Waals surface area contributed by atoms with Crippen molar-refractivity contribution < 1.29 is 26.3 Å². The van der Waals surface area contributed by atoms with Crippen molar-refractivity contribution in [2.75, 3.05) is 19.6 Å². The van der Waals surface area contributed by atoms with Gasteiger partial charge in [0.15, 0.2) is 0 Å². The first-order valence-corrected chi connectivity index (χ1v) is 8.31. The van der Waals surface area contributed by atoms with Crippen LogP contribution in [0.15, 0.2) is 29.2 Å². The van der Waals surface area contributed by atoms with Gasteiger partial charge in [0.1, 0.15) is 10.6 Å². The quantitative estimate of drug-likeness (QED) is 0.860. The molecular weight excluding hydrogens is 321 g/mol. The Hall–Kier alpha value is -1.32. The summed E-state index contributed by atoms with van der Waals surface area (Å²) in [4.78, 5) is -0.518. The maximum Gasteiger partial charge on any atom is 0.573 e. The van der Waals surface area contributed by atoms with Gasteiger partial charge >= 0.3 is 6.36 Å². The molecule has 1 atom stereocenters. The van der Waals surface area contributed by atoms with Gasteiger partial charge in [0, 0.05) is 6.54 Å². The van der Waals surface area contributed by atoms with Gasteiger partial charge in [0.2, 0.25) is 10.0 Å². The molecule has 0 unspecified atom stereocenters. The number of ether oxygens (including phenoxy) is 1. The van der Waals surface area contributed by atoms with Crippen molar-refractivity contribution in [3.05, 3.63) is 24.3 Å². The third-order valence-electron chi connectivity index (χ3n) is 3.33. The van der Waals surface area contributed by atoms with Crippen LogP contribution in [-0.2, 0) is 10.0 Å². The number of rotatable bonds is 5. The second-order valence-electron chi connectivity index (χ2n) is 5.06. The van der Waals surface area contributed by atoms with E-state index in [4.69, 9.17) is 0 Å². The minimum Gasteiger partial charge on any atom is -0.404 e. The summed E-state index contributed by atoms with van der Waals surface area (Å²) in [6, 6.07) is 4.69. The number of hydrogen-bond donors (Lipinski definition) is 2. The largest absolute Gasteiger partial charge is 0.573 e. The smallest absolute Gasteiger partial charge is 0.404 e. The van der Waals surface area contributed by atoms with E-state index in [2.05, 4.69) is 14.8 Å². The third kappa shape index (κ3) is 4.85. The summed E-state index contributed by atoms with van der Waals surface area (Å²) in [7, 11) is -4.07. The molecular formula is C13H17F3N2O3S. The van der Waals surface area contributed by atoms with Crippen LogP contribution in [0.25, 0.3) is 0 Å². The topological polar surface area (TPSA) is 67.4 Å². The first kappa shape index (κ1) is 17.0. The van der Waals surface area contributed by atoms with E-state index in [9.17, 15) is 21.6 Å². The van der Waals surface area contributed by atoms with Crippen LogP contribution in [0, 0.1) is 5.92 Å². The van der Waals surface area contributed by atoms with Crippen LogP contribution >= 0.6 is 0 Å². The zero-order valence-corrected chi connectivity index (χ0v) is 12.5. The molecule has 0 aliphatic carbocycles. The molecule has 1 fully saturated rings. The second kappa shape index (κ2) is 6.84. The van der Waals surface area contributed by atoms with Crippen LogP contribution in [0.5, 0.6) is 5.75 Å². The minimum atomic E-state index is -4.95. The molecule has 1 aromatic rings. The lowest BCUT2D eigenvalue weighted by molar-refractivity contribution is -0.275. The Morgan fingerprint density at radius 2 is 2.05 bits per heavy atom. The molecule has 1 aliphatic heterocycles. The first-order valence-electron chi connectivity index (χ1n) is 6.83. The minimum absolute atomic E-state index is 0.124. The van der Waals surface area contributed by atoms with Crippen molar-refractivity contribution in [3.8, 4) is 5.75 Å². The van der Waals surface area contributed by atoms with Crippen LogP contribution < -0.4 is 14.8 Å². The average molecular weight is 338 g/mol. The van der Waals surface area contributed by atoms with Crippen molar-refractivity contribution in [2.45, 2.75) is 24.1 Å². The molecule has 124 valence electrons. The molecule has 1 heterocycles. The van der Waals surface area contributed by atoms with Crippen molar-refractivity contribution in [2.24, 2.45) is 5.92 Å². The van der Waals surface area contributed by atoms with Crippen molar-refractivity contribution >= 4 is 10.0 Å². The molecule has 1 saturated heterocycles. The summed E-state index contributed by atoms with van der Waals surface area (Å²) in [6.07, 6.45) is -3.13. The fourth-order valence-electron chi connectivity index (χ4n) is 2.28. The Morgan fingerprint density at radius 1 is 1.32 bits per heavy atom. The molecule has 0 bridgehead atoms. The van der Waals surface area contributed by atoms with Gasteiger partial charge in [-0.2, -0.15) is 0 Å². The summed E-state index contributed by atoms with van der Waals surface area (Å²) in [5, 5.41) is 3.15. The van der Waals surface area contributed by atoms with Crippen LogP contribution in [-0.4, -0.2) is 34.4 Å². The second-order valence-corrected chi connectivity index (χ2v) is 6.79. The SMILES string of the molecule is O=S(=O)(NC[C@H]1CCCNC1)c1ccccc1OC(F)(F)F. The zero-order valence-electron chi connectivity index (χ0n) is 11.7. The van der Waals surface area contributed by atoms with E-state index in [1.807, 2.05) is 0 Å². The summed E-state index contributed by atoms with van der Waals surface area (Å²) in [5.74, 6) is -0.608. The molecule has 9 heteroatoms. The summed E-state index contributed by atoms with van der Waals surface area (Å²) < 4.78 is 67.6. The number of piperidine rings is 1. The van der Waals surface area contributed by atoms with Gasteiger partial charge in [-0.3, -0.25) is 0 Å². The fraction of sp³-hybridized carbons (Fsp3) is 0.538. The number of hydrogen-bond acceptors (Lipinski definition) is 4. The van der Waals surface area contributed by atoms with Gasteiger partial charge in [0.25, 0.3) is 0 Å². The lowest BCUT2D eigenvalue weighted by Gasteiger charge is -2.23. The summed E-state index contributed by atoms with van der Waals surface area (Å²) in [5.41, 5.74) is 0. The van der Waals surface area contributed by atoms with E-state index in [-0.39, 0.29) is 12.5 Å². The fourth-order valence-corrected chi connectivity index (χ4v) is 3.53. The molecule has 0 saturated carbocycles. The average Bonchev–Trinajstić information content (AvgIpc) is 2.45. The standard InChI is InChI=1S/C13H17F3N2O3S/c14-13(15,16)21-11-5-1-2-6-12(11)22(19,20)18-9-10-4-3-7-17-8-10/h1-2,5-6,10,17-18H,3-4,7-9H2/t10-/m0/s1. The molecule has 1 aliphatic rings. The Bertz CT molecular complexity index is 599. The third-order valence-corrected chi connectivity index (χ3v) is 4.79. The van der Waals surface area contributed by atoms with Gasteiger partial charge < -0.3 is 10.1 Å². The summed E-state index contributed by atoms with van der Waals surface area (Å²) in [6.45, 7) is 1.75. The maximum absolute atomic E-state index is 12.3. The van der Waals surface area contributed by atoms with Crippen LogP contribution in [0.2, 0.25) is 0 Å². The zero-order chi connectivity index (χ0) is 16.2.